The van der Waals surface area contributed by atoms with Gasteiger partial charge in [-0.1, -0.05) is 19.0 Å². The Hall–Kier alpha value is -2.87. The number of benzene rings is 1. The summed E-state index contributed by atoms with van der Waals surface area (Å²) in [6.07, 6.45) is 0.245. The summed E-state index contributed by atoms with van der Waals surface area (Å²) in [5.41, 5.74) is 1.03. The van der Waals surface area contributed by atoms with Gasteiger partial charge in [-0.3, -0.25) is 9.59 Å². The van der Waals surface area contributed by atoms with E-state index in [9.17, 15) is 9.59 Å². The molecule has 0 aliphatic carbocycles. The van der Waals surface area contributed by atoms with Crippen LogP contribution >= 0.6 is 0 Å². The molecule has 0 spiro atoms. The van der Waals surface area contributed by atoms with Crippen molar-refractivity contribution < 1.29 is 18.8 Å². The Balaban J connectivity index is 2.02. The monoisotopic (exact) mass is 416 g/mol. The zero-order valence-electron chi connectivity index (χ0n) is 18.5. The first kappa shape index (κ1) is 23.4. The average molecular weight is 417 g/mol. The Morgan fingerprint density at radius 3 is 2.47 bits per heavy atom. The third kappa shape index (κ3) is 7.18. The molecule has 0 bridgehead atoms. The fourth-order valence-corrected chi connectivity index (χ4v) is 2.89. The van der Waals surface area contributed by atoms with Crippen LogP contribution < -0.4 is 10.1 Å². The quantitative estimate of drug-likeness (QED) is 0.606. The molecule has 0 aliphatic rings. The Morgan fingerprint density at radius 1 is 1.17 bits per heavy atom. The standard InChI is InChI=1S/C22H32N4O4/c1-16(2)15-26(12-10-21(27)23-11-13-25(3)4)22(28)19-14-20(30-24-19)17-6-8-18(29-5)9-7-17/h6-9,14,16H,10-13,15H2,1-5H3,(H,23,27). The third-order valence-electron chi connectivity index (χ3n) is 4.47. The van der Waals surface area contributed by atoms with Crippen LogP contribution in [-0.4, -0.2) is 74.2 Å². The number of aromatic nitrogens is 1. The average Bonchev–Trinajstić information content (AvgIpc) is 3.20. The molecule has 1 aromatic carbocycles. The van der Waals surface area contributed by atoms with Gasteiger partial charge in [0, 0.05) is 44.2 Å². The van der Waals surface area contributed by atoms with E-state index in [1.165, 1.54) is 0 Å². The molecule has 8 nitrogen and oxygen atoms in total. The molecule has 30 heavy (non-hydrogen) atoms. The molecule has 2 rings (SSSR count). The summed E-state index contributed by atoms with van der Waals surface area (Å²) in [6, 6.07) is 8.96. The van der Waals surface area contributed by atoms with Crippen molar-refractivity contribution in [1.82, 2.24) is 20.3 Å². The number of nitrogens with zero attached hydrogens (tertiary/aromatic N) is 3. The molecule has 8 heteroatoms. The summed E-state index contributed by atoms with van der Waals surface area (Å²) in [4.78, 5) is 28.7. The summed E-state index contributed by atoms with van der Waals surface area (Å²) >= 11 is 0. The Bertz CT molecular complexity index is 815. The number of carbonyl (C=O) groups is 2. The van der Waals surface area contributed by atoms with E-state index in [1.54, 1.807) is 18.1 Å². The van der Waals surface area contributed by atoms with Crippen molar-refractivity contribution in [2.75, 3.05) is 47.4 Å². The van der Waals surface area contributed by atoms with E-state index < -0.39 is 0 Å². The zero-order valence-corrected chi connectivity index (χ0v) is 18.5. The smallest absolute Gasteiger partial charge is 0.276 e. The third-order valence-corrected chi connectivity index (χ3v) is 4.47. The number of likely N-dealkylation sites (N-methyl/N-ethyl adjacent to an activating group) is 1. The van der Waals surface area contributed by atoms with Gasteiger partial charge >= 0.3 is 0 Å². The molecule has 1 heterocycles. The van der Waals surface area contributed by atoms with Crippen LogP contribution in [-0.2, 0) is 4.79 Å². The van der Waals surface area contributed by atoms with Crippen LogP contribution in [0, 0.1) is 5.92 Å². The molecule has 1 N–H and O–H groups in total. The summed E-state index contributed by atoms with van der Waals surface area (Å²) < 4.78 is 10.5. The van der Waals surface area contributed by atoms with E-state index in [-0.39, 0.29) is 29.8 Å². The maximum absolute atomic E-state index is 13.0. The van der Waals surface area contributed by atoms with Gasteiger partial charge in [-0.25, -0.2) is 0 Å². The van der Waals surface area contributed by atoms with E-state index in [2.05, 4.69) is 10.5 Å². The Labute approximate surface area is 178 Å². The van der Waals surface area contributed by atoms with Crippen LogP contribution in [0.2, 0.25) is 0 Å². The molecular weight excluding hydrogens is 384 g/mol. The minimum absolute atomic E-state index is 0.0718. The molecule has 2 aromatic rings. The highest BCUT2D eigenvalue weighted by Crippen LogP contribution is 2.23. The first-order valence-corrected chi connectivity index (χ1v) is 10.1. The molecule has 0 unspecified atom stereocenters. The van der Waals surface area contributed by atoms with Crippen LogP contribution in [0.1, 0.15) is 30.8 Å². The predicted octanol–water partition coefficient (Wildman–Crippen LogP) is 2.52. The number of amides is 2. The van der Waals surface area contributed by atoms with Crippen LogP contribution in [0.5, 0.6) is 5.75 Å². The molecule has 164 valence electrons. The Kier molecular flexibility index (Phi) is 8.86. The number of methoxy groups -OCH3 is 1. The molecule has 0 aliphatic heterocycles. The van der Waals surface area contributed by atoms with Crippen molar-refractivity contribution >= 4 is 11.8 Å². The van der Waals surface area contributed by atoms with Gasteiger partial charge < -0.3 is 24.4 Å². The van der Waals surface area contributed by atoms with Gasteiger partial charge in [0.25, 0.3) is 5.91 Å². The minimum atomic E-state index is -0.242. The fourth-order valence-electron chi connectivity index (χ4n) is 2.89. The van der Waals surface area contributed by atoms with Crippen molar-refractivity contribution in [2.24, 2.45) is 5.92 Å². The second-order valence-corrected chi connectivity index (χ2v) is 7.85. The van der Waals surface area contributed by atoms with Gasteiger partial charge in [-0.2, -0.15) is 0 Å². The lowest BCUT2D eigenvalue weighted by atomic mass is 10.1. The fraction of sp³-hybridized carbons (Fsp3) is 0.500. The van der Waals surface area contributed by atoms with Gasteiger partial charge in [-0.15, -0.1) is 0 Å². The molecule has 2 amide bonds. The van der Waals surface area contributed by atoms with Gasteiger partial charge in [0.1, 0.15) is 5.75 Å². The van der Waals surface area contributed by atoms with E-state index in [0.29, 0.717) is 25.4 Å². The largest absolute Gasteiger partial charge is 0.497 e. The number of rotatable bonds is 11. The second kappa shape index (κ2) is 11.3. The number of nitrogens with one attached hydrogen (secondary N) is 1. The van der Waals surface area contributed by atoms with Crippen molar-refractivity contribution in [3.63, 3.8) is 0 Å². The van der Waals surface area contributed by atoms with Gasteiger partial charge in [0.15, 0.2) is 11.5 Å². The molecule has 0 saturated carbocycles. The predicted molar refractivity (Wildman–Crippen MR) is 115 cm³/mol. The normalized spacial score (nSPS) is 11.0. The summed E-state index contributed by atoms with van der Waals surface area (Å²) in [5, 5.41) is 6.83. The molecule has 0 radical (unpaired) electrons. The summed E-state index contributed by atoms with van der Waals surface area (Å²) in [7, 11) is 5.51. The van der Waals surface area contributed by atoms with Gasteiger partial charge in [0.2, 0.25) is 5.91 Å². The molecular formula is C22H32N4O4. The molecule has 0 atom stereocenters. The zero-order chi connectivity index (χ0) is 22.1. The van der Waals surface area contributed by atoms with Crippen LogP contribution in [0.15, 0.2) is 34.9 Å². The van der Waals surface area contributed by atoms with E-state index in [4.69, 9.17) is 9.26 Å². The SMILES string of the molecule is COc1ccc(-c2cc(C(=O)N(CCC(=O)NCCN(C)C)CC(C)C)no2)cc1. The number of hydrogen-bond donors (Lipinski definition) is 1. The first-order chi connectivity index (χ1) is 14.3. The maximum atomic E-state index is 13.0. The highest BCUT2D eigenvalue weighted by molar-refractivity contribution is 5.93. The van der Waals surface area contributed by atoms with E-state index in [0.717, 1.165) is 17.9 Å². The molecule has 0 fully saturated rings. The highest BCUT2D eigenvalue weighted by atomic mass is 16.5. The van der Waals surface area contributed by atoms with Crippen LogP contribution in [0.4, 0.5) is 0 Å². The van der Waals surface area contributed by atoms with Crippen molar-refractivity contribution in [1.29, 1.82) is 0 Å². The maximum Gasteiger partial charge on any atom is 0.276 e. The van der Waals surface area contributed by atoms with Crippen molar-refractivity contribution in [3.05, 3.63) is 36.0 Å². The van der Waals surface area contributed by atoms with Gasteiger partial charge in [0.05, 0.1) is 7.11 Å². The lowest BCUT2D eigenvalue weighted by Crippen LogP contribution is -2.38. The van der Waals surface area contributed by atoms with Crippen LogP contribution in [0.25, 0.3) is 11.3 Å². The first-order valence-electron chi connectivity index (χ1n) is 10.1. The van der Waals surface area contributed by atoms with E-state index in [1.807, 2.05) is 57.1 Å². The van der Waals surface area contributed by atoms with Crippen molar-refractivity contribution in [2.45, 2.75) is 20.3 Å². The number of carbonyl (C=O) groups excluding carboxylic acids is 2. The minimum Gasteiger partial charge on any atom is -0.497 e. The molecule has 1 aromatic heterocycles. The van der Waals surface area contributed by atoms with E-state index >= 15 is 0 Å². The topological polar surface area (TPSA) is 87.9 Å². The Morgan fingerprint density at radius 2 is 1.87 bits per heavy atom. The second-order valence-electron chi connectivity index (χ2n) is 7.85. The van der Waals surface area contributed by atoms with Gasteiger partial charge in [-0.05, 0) is 44.3 Å². The highest BCUT2D eigenvalue weighted by Gasteiger charge is 2.22. The van der Waals surface area contributed by atoms with Crippen molar-refractivity contribution in [3.8, 4) is 17.1 Å². The number of hydrogen-bond acceptors (Lipinski definition) is 6. The van der Waals surface area contributed by atoms with Crippen LogP contribution in [0.3, 0.4) is 0 Å². The summed E-state index contributed by atoms with van der Waals surface area (Å²) in [6.45, 7) is 6.28. The number of ether oxygens (including phenoxy) is 1. The summed E-state index contributed by atoms with van der Waals surface area (Å²) in [5.74, 6) is 1.19. The molecule has 0 saturated heterocycles. The lowest BCUT2D eigenvalue weighted by molar-refractivity contribution is -0.121. The lowest BCUT2D eigenvalue weighted by Gasteiger charge is -2.23.